The van der Waals surface area contributed by atoms with Gasteiger partial charge in [0.25, 0.3) is 0 Å². The van der Waals surface area contributed by atoms with Gasteiger partial charge in [-0.25, -0.2) is 4.39 Å². The van der Waals surface area contributed by atoms with Gasteiger partial charge < -0.3 is 9.80 Å². The topological polar surface area (TPSA) is 23.6 Å². The number of rotatable bonds is 2. The van der Waals surface area contributed by atoms with Gasteiger partial charge in [0.1, 0.15) is 5.82 Å². The van der Waals surface area contributed by atoms with Gasteiger partial charge in [-0.3, -0.25) is 4.79 Å². The lowest BCUT2D eigenvalue weighted by molar-refractivity contribution is 0.101. The highest BCUT2D eigenvalue weighted by Gasteiger charge is 2.16. The molecule has 0 amide bonds. The average molecular weight is 250 g/mol. The van der Waals surface area contributed by atoms with Crippen LogP contribution in [-0.2, 0) is 0 Å². The van der Waals surface area contributed by atoms with Crippen LogP contribution in [0.3, 0.4) is 0 Å². The van der Waals surface area contributed by atoms with Crippen molar-refractivity contribution in [3.8, 4) is 0 Å². The average Bonchev–Trinajstić information content (AvgIpc) is 2.54. The molecule has 0 bridgehead atoms. The van der Waals surface area contributed by atoms with Gasteiger partial charge in [-0.1, -0.05) is 0 Å². The SMILES string of the molecule is CC(=O)c1ccc(N2CCCN(C)CC2)c(F)c1. The van der Waals surface area contributed by atoms with Gasteiger partial charge in [0.2, 0.25) is 0 Å². The van der Waals surface area contributed by atoms with Gasteiger partial charge in [-0.2, -0.15) is 0 Å². The molecule has 4 heteroatoms. The van der Waals surface area contributed by atoms with Gasteiger partial charge in [0, 0.05) is 25.2 Å². The first kappa shape index (κ1) is 13.0. The summed E-state index contributed by atoms with van der Waals surface area (Å²) in [6.45, 7) is 5.13. The lowest BCUT2D eigenvalue weighted by atomic mass is 10.1. The number of nitrogens with zero attached hydrogens (tertiary/aromatic N) is 2. The molecule has 1 saturated heterocycles. The van der Waals surface area contributed by atoms with Gasteiger partial charge in [0.15, 0.2) is 5.78 Å². The van der Waals surface area contributed by atoms with E-state index in [2.05, 4.69) is 16.8 Å². The van der Waals surface area contributed by atoms with Gasteiger partial charge in [-0.15, -0.1) is 0 Å². The van der Waals surface area contributed by atoms with Crippen LogP contribution in [0.1, 0.15) is 23.7 Å². The zero-order valence-corrected chi connectivity index (χ0v) is 10.9. The van der Waals surface area contributed by atoms with Crippen LogP contribution >= 0.6 is 0 Å². The van der Waals surface area contributed by atoms with Crippen molar-refractivity contribution in [3.63, 3.8) is 0 Å². The molecule has 0 spiro atoms. The molecular formula is C14H19FN2O. The smallest absolute Gasteiger partial charge is 0.159 e. The fourth-order valence-electron chi connectivity index (χ4n) is 2.27. The fourth-order valence-corrected chi connectivity index (χ4v) is 2.27. The molecule has 1 fully saturated rings. The number of hydrogen-bond acceptors (Lipinski definition) is 3. The third-order valence-electron chi connectivity index (χ3n) is 3.41. The first-order chi connectivity index (χ1) is 8.58. The molecule has 0 radical (unpaired) electrons. The monoisotopic (exact) mass is 250 g/mol. The Morgan fingerprint density at radius 1 is 1.22 bits per heavy atom. The summed E-state index contributed by atoms with van der Waals surface area (Å²) in [5.74, 6) is -0.400. The van der Waals surface area contributed by atoms with E-state index in [0.717, 1.165) is 32.6 Å². The molecule has 98 valence electrons. The zero-order valence-electron chi connectivity index (χ0n) is 10.9. The van der Waals surface area contributed by atoms with E-state index >= 15 is 0 Å². The molecule has 0 aliphatic carbocycles. The standard InChI is InChI=1S/C14H19FN2O/c1-11(18)12-4-5-14(13(15)10-12)17-7-3-6-16(2)8-9-17/h4-5,10H,3,6-9H2,1-2H3. The van der Waals surface area contributed by atoms with Crippen LogP contribution in [0.4, 0.5) is 10.1 Å². The molecule has 2 rings (SSSR count). The molecule has 0 saturated carbocycles. The van der Waals surface area contributed by atoms with E-state index in [4.69, 9.17) is 0 Å². The minimum Gasteiger partial charge on any atom is -0.368 e. The third-order valence-corrected chi connectivity index (χ3v) is 3.41. The van der Waals surface area contributed by atoms with Crippen molar-refractivity contribution in [3.05, 3.63) is 29.6 Å². The maximum atomic E-state index is 14.0. The molecular weight excluding hydrogens is 231 g/mol. The molecule has 0 atom stereocenters. The largest absolute Gasteiger partial charge is 0.368 e. The molecule has 1 aliphatic heterocycles. The van der Waals surface area contributed by atoms with Crippen LogP contribution in [0.2, 0.25) is 0 Å². The number of ketones is 1. The predicted molar refractivity (Wildman–Crippen MR) is 70.7 cm³/mol. The Labute approximate surface area is 107 Å². The lowest BCUT2D eigenvalue weighted by Gasteiger charge is -2.23. The number of carbonyl (C=O) groups is 1. The summed E-state index contributed by atoms with van der Waals surface area (Å²) < 4.78 is 14.0. The van der Waals surface area contributed by atoms with Crippen LogP contribution in [0, 0.1) is 5.82 Å². The van der Waals surface area contributed by atoms with Crippen LogP contribution in [0.25, 0.3) is 0 Å². The molecule has 3 nitrogen and oxygen atoms in total. The van der Waals surface area contributed by atoms with E-state index in [1.807, 2.05) is 0 Å². The first-order valence-corrected chi connectivity index (χ1v) is 6.32. The van der Waals surface area contributed by atoms with E-state index < -0.39 is 0 Å². The van der Waals surface area contributed by atoms with Crippen molar-refractivity contribution in [2.24, 2.45) is 0 Å². The summed E-state index contributed by atoms with van der Waals surface area (Å²) in [5, 5.41) is 0. The van der Waals surface area contributed by atoms with Crippen LogP contribution in [0.5, 0.6) is 0 Å². The van der Waals surface area contributed by atoms with Crippen molar-refractivity contribution in [1.29, 1.82) is 0 Å². The Kier molecular flexibility index (Phi) is 3.97. The Balaban J connectivity index is 2.20. The van der Waals surface area contributed by atoms with E-state index in [-0.39, 0.29) is 11.6 Å². The normalized spacial score (nSPS) is 17.6. The summed E-state index contributed by atoms with van der Waals surface area (Å²) in [5.41, 5.74) is 1.04. The van der Waals surface area contributed by atoms with E-state index in [1.54, 1.807) is 12.1 Å². The second-order valence-electron chi connectivity index (χ2n) is 4.87. The lowest BCUT2D eigenvalue weighted by Crippen LogP contribution is -2.29. The molecule has 0 N–H and O–H groups in total. The summed E-state index contributed by atoms with van der Waals surface area (Å²) >= 11 is 0. The highest BCUT2D eigenvalue weighted by atomic mass is 19.1. The predicted octanol–water partition coefficient (Wildman–Crippen LogP) is 2.17. The number of likely N-dealkylation sites (N-methyl/N-ethyl adjacent to an activating group) is 1. The number of carbonyl (C=O) groups excluding carboxylic acids is 1. The van der Waals surface area contributed by atoms with E-state index in [0.29, 0.717) is 11.3 Å². The van der Waals surface area contributed by atoms with E-state index in [1.165, 1.54) is 13.0 Å². The number of halogens is 1. The maximum Gasteiger partial charge on any atom is 0.159 e. The van der Waals surface area contributed by atoms with Gasteiger partial charge in [-0.05, 0) is 45.1 Å². The van der Waals surface area contributed by atoms with Crippen molar-refractivity contribution in [2.45, 2.75) is 13.3 Å². The zero-order chi connectivity index (χ0) is 13.1. The maximum absolute atomic E-state index is 14.0. The molecule has 0 unspecified atom stereocenters. The Morgan fingerprint density at radius 2 is 2.00 bits per heavy atom. The van der Waals surface area contributed by atoms with Crippen molar-refractivity contribution in [1.82, 2.24) is 4.90 Å². The minimum atomic E-state index is -0.299. The van der Waals surface area contributed by atoms with E-state index in [9.17, 15) is 9.18 Å². The number of benzene rings is 1. The Bertz CT molecular complexity index is 447. The van der Waals surface area contributed by atoms with Crippen molar-refractivity contribution >= 4 is 11.5 Å². The summed E-state index contributed by atoms with van der Waals surface area (Å²) in [7, 11) is 2.08. The molecule has 18 heavy (non-hydrogen) atoms. The Morgan fingerprint density at radius 3 is 2.67 bits per heavy atom. The fraction of sp³-hybridized carbons (Fsp3) is 0.500. The Hall–Kier alpha value is -1.42. The van der Waals surface area contributed by atoms with Crippen molar-refractivity contribution in [2.75, 3.05) is 38.1 Å². The minimum absolute atomic E-state index is 0.101. The molecule has 1 aliphatic rings. The van der Waals surface area contributed by atoms with Crippen LogP contribution in [0.15, 0.2) is 18.2 Å². The second kappa shape index (κ2) is 5.48. The molecule has 1 aromatic carbocycles. The number of Topliss-reactive ketones (excluding diaryl/α,β-unsaturated/α-hetero) is 1. The highest BCUT2D eigenvalue weighted by molar-refractivity contribution is 5.94. The molecule has 1 heterocycles. The summed E-state index contributed by atoms with van der Waals surface area (Å²) in [6, 6.07) is 4.76. The first-order valence-electron chi connectivity index (χ1n) is 6.32. The molecule has 1 aromatic rings. The van der Waals surface area contributed by atoms with Gasteiger partial charge >= 0.3 is 0 Å². The van der Waals surface area contributed by atoms with Gasteiger partial charge in [0.05, 0.1) is 5.69 Å². The quantitative estimate of drug-likeness (QED) is 0.752. The third kappa shape index (κ3) is 2.88. The number of anilines is 1. The summed E-state index contributed by atoms with van der Waals surface area (Å²) in [6.07, 6.45) is 1.03. The van der Waals surface area contributed by atoms with Crippen LogP contribution < -0.4 is 4.90 Å². The molecule has 0 aromatic heterocycles. The number of hydrogen-bond donors (Lipinski definition) is 0. The highest BCUT2D eigenvalue weighted by Crippen LogP contribution is 2.22. The second-order valence-corrected chi connectivity index (χ2v) is 4.87. The van der Waals surface area contributed by atoms with Crippen molar-refractivity contribution < 1.29 is 9.18 Å². The summed E-state index contributed by atoms with van der Waals surface area (Å²) in [4.78, 5) is 15.5. The van der Waals surface area contributed by atoms with Crippen LogP contribution in [-0.4, -0.2) is 43.9 Å².